The van der Waals surface area contributed by atoms with Crippen LogP contribution >= 0.6 is 12.4 Å². The average Bonchev–Trinajstić information content (AvgIpc) is 3.06. The maximum absolute atomic E-state index is 12.0. The number of amides is 1. The highest BCUT2D eigenvalue weighted by Gasteiger charge is 2.17. The number of carbonyl (C=O) groups excluding carboxylic acids is 1. The Labute approximate surface area is 118 Å². The first kappa shape index (κ1) is 13.9. The number of imidazole rings is 1. The highest BCUT2D eigenvalue weighted by molar-refractivity contribution is 5.85. The van der Waals surface area contributed by atoms with Crippen molar-refractivity contribution in [3.05, 3.63) is 30.6 Å². The van der Waals surface area contributed by atoms with Gasteiger partial charge in [-0.25, -0.2) is 4.98 Å². The van der Waals surface area contributed by atoms with E-state index >= 15 is 0 Å². The van der Waals surface area contributed by atoms with Crippen molar-refractivity contribution < 1.29 is 4.79 Å². The minimum absolute atomic E-state index is 0. The van der Waals surface area contributed by atoms with Crippen LogP contribution in [0.3, 0.4) is 0 Å². The van der Waals surface area contributed by atoms with Crippen molar-refractivity contribution in [3.8, 4) is 0 Å². The van der Waals surface area contributed by atoms with Crippen LogP contribution in [0.1, 0.15) is 19.3 Å². The molecule has 0 N–H and O–H groups in total. The first-order valence-corrected chi connectivity index (χ1v) is 6.52. The number of halogens is 1. The highest BCUT2D eigenvalue weighted by Crippen LogP contribution is 2.14. The summed E-state index contributed by atoms with van der Waals surface area (Å²) in [4.78, 5) is 18.3. The van der Waals surface area contributed by atoms with Crippen molar-refractivity contribution in [1.82, 2.24) is 14.5 Å². The molecule has 1 aromatic carbocycles. The first-order chi connectivity index (χ1) is 8.84. The van der Waals surface area contributed by atoms with E-state index in [0.717, 1.165) is 43.5 Å². The van der Waals surface area contributed by atoms with Crippen LogP contribution in [-0.2, 0) is 11.3 Å². The van der Waals surface area contributed by atoms with Gasteiger partial charge < -0.3 is 9.47 Å². The third kappa shape index (κ3) is 2.89. The fraction of sp³-hybridized carbons (Fsp3) is 0.429. The Balaban J connectivity index is 0.00000133. The predicted molar refractivity (Wildman–Crippen MR) is 77.4 cm³/mol. The first-order valence-electron chi connectivity index (χ1n) is 6.52. The molecule has 0 aliphatic carbocycles. The van der Waals surface area contributed by atoms with Gasteiger partial charge in [-0.1, -0.05) is 12.1 Å². The van der Waals surface area contributed by atoms with Crippen LogP contribution in [0.2, 0.25) is 0 Å². The number of aryl methyl sites for hydroxylation is 1. The van der Waals surface area contributed by atoms with Crippen molar-refractivity contribution in [2.75, 3.05) is 13.1 Å². The quantitative estimate of drug-likeness (QED) is 0.866. The Kier molecular flexibility index (Phi) is 4.43. The van der Waals surface area contributed by atoms with E-state index in [2.05, 4.69) is 9.55 Å². The lowest BCUT2D eigenvalue weighted by molar-refractivity contribution is -0.130. The molecule has 1 amide bonds. The molecule has 4 nitrogen and oxygen atoms in total. The van der Waals surface area contributed by atoms with Crippen molar-refractivity contribution in [1.29, 1.82) is 0 Å². The molecular weight excluding hydrogens is 262 g/mol. The molecule has 0 radical (unpaired) electrons. The van der Waals surface area contributed by atoms with E-state index in [1.807, 2.05) is 35.5 Å². The molecule has 2 heterocycles. The van der Waals surface area contributed by atoms with Gasteiger partial charge in [0, 0.05) is 26.1 Å². The molecule has 102 valence electrons. The standard InChI is InChI=1S/C14H17N3O.ClH/c18-14(16-8-3-4-9-16)7-10-17-11-15-12-5-1-2-6-13(12)17;/h1-2,5-6,11H,3-4,7-10H2;1H. The normalized spacial score (nSPS) is 14.6. The summed E-state index contributed by atoms with van der Waals surface area (Å²) in [6.45, 7) is 2.59. The monoisotopic (exact) mass is 279 g/mol. The Morgan fingerprint density at radius 3 is 2.74 bits per heavy atom. The van der Waals surface area contributed by atoms with Gasteiger partial charge in [0.1, 0.15) is 0 Å². The summed E-state index contributed by atoms with van der Waals surface area (Å²) in [7, 11) is 0. The van der Waals surface area contributed by atoms with Crippen LogP contribution < -0.4 is 0 Å². The van der Waals surface area contributed by atoms with E-state index in [9.17, 15) is 4.79 Å². The summed E-state index contributed by atoms with van der Waals surface area (Å²) in [6.07, 6.45) is 4.70. The number of hydrogen-bond donors (Lipinski definition) is 0. The Bertz CT molecular complexity index is 561. The summed E-state index contributed by atoms with van der Waals surface area (Å²) < 4.78 is 2.06. The smallest absolute Gasteiger partial charge is 0.224 e. The number of aromatic nitrogens is 2. The maximum atomic E-state index is 12.0. The van der Waals surface area contributed by atoms with E-state index in [1.54, 1.807) is 0 Å². The van der Waals surface area contributed by atoms with Gasteiger partial charge in [-0.05, 0) is 25.0 Å². The zero-order valence-corrected chi connectivity index (χ0v) is 11.6. The predicted octanol–water partition coefficient (Wildman–Crippen LogP) is 2.47. The Morgan fingerprint density at radius 1 is 1.21 bits per heavy atom. The number of rotatable bonds is 3. The van der Waals surface area contributed by atoms with Crippen LogP contribution in [0, 0.1) is 0 Å². The van der Waals surface area contributed by atoms with Gasteiger partial charge in [0.15, 0.2) is 0 Å². The molecule has 19 heavy (non-hydrogen) atoms. The van der Waals surface area contributed by atoms with E-state index in [0.29, 0.717) is 6.42 Å². The molecule has 5 heteroatoms. The molecular formula is C14H18ClN3O. The number of likely N-dealkylation sites (tertiary alicyclic amines) is 1. The third-order valence-electron chi connectivity index (χ3n) is 3.55. The Morgan fingerprint density at radius 2 is 1.95 bits per heavy atom. The fourth-order valence-electron chi connectivity index (χ4n) is 2.53. The van der Waals surface area contributed by atoms with Crippen LogP contribution in [0.25, 0.3) is 11.0 Å². The number of benzene rings is 1. The van der Waals surface area contributed by atoms with Crippen LogP contribution in [0.4, 0.5) is 0 Å². The highest BCUT2D eigenvalue weighted by atomic mass is 35.5. The molecule has 1 aromatic heterocycles. The molecule has 2 aromatic rings. The molecule has 1 aliphatic rings. The maximum Gasteiger partial charge on any atom is 0.224 e. The van der Waals surface area contributed by atoms with Gasteiger partial charge >= 0.3 is 0 Å². The number of para-hydroxylation sites is 2. The van der Waals surface area contributed by atoms with Crippen LogP contribution in [0.15, 0.2) is 30.6 Å². The minimum Gasteiger partial charge on any atom is -0.343 e. The molecule has 3 rings (SSSR count). The van der Waals surface area contributed by atoms with E-state index in [1.165, 1.54) is 0 Å². The van der Waals surface area contributed by atoms with E-state index < -0.39 is 0 Å². The van der Waals surface area contributed by atoms with Gasteiger partial charge in [-0.3, -0.25) is 4.79 Å². The molecule has 0 spiro atoms. The number of fused-ring (bicyclic) bond motifs is 1. The summed E-state index contributed by atoms with van der Waals surface area (Å²) >= 11 is 0. The second-order valence-corrected chi connectivity index (χ2v) is 4.76. The molecule has 1 fully saturated rings. The van der Waals surface area contributed by atoms with Crippen LogP contribution in [0.5, 0.6) is 0 Å². The van der Waals surface area contributed by atoms with Crippen molar-refractivity contribution in [3.63, 3.8) is 0 Å². The van der Waals surface area contributed by atoms with Gasteiger partial charge in [-0.15, -0.1) is 12.4 Å². The average molecular weight is 280 g/mol. The summed E-state index contributed by atoms with van der Waals surface area (Å²) in [5.41, 5.74) is 2.10. The van der Waals surface area contributed by atoms with E-state index in [-0.39, 0.29) is 18.3 Å². The summed E-state index contributed by atoms with van der Waals surface area (Å²) in [5, 5.41) is 0. The second kappa shape index (κ2) is 6.06. The summed E-state index contributed by atoms with van der Waals surface area (Å²) in [6, 6.07) is 8.02. The van der Waals surface area contributed by atoms with Crippen LogP contribution in [-0.4, -0.2) is 33.4 Å². The zero-order valence-electron chi connectivity index (χ0n) is 10.8. The van der Waals surface area contributed by atoms with Gasteiger partial charge in [0.25, 0.3) is 0 Å². The van der Waals surface area contributed by atoms with Crippen molar-refractivity contribution >= 4 is 29.3 Å². The van der Waals surface area contributed by atoms with Gasteiger partial charge in [0.05, 0.1) is 17.4 Å². The largest absolute Gasteiger partial charge is 0.343 e. The number of hydrogen-bond acceptors (Lipinski definition) is 2. The lowest BCUT2D eigenvalue weighted by Gasteiger charge is -2.15. The van der Waals surface area contributed by atoms with Crippen molar-refractivity contribution in [2.45, 2.75) is 25.8 Å². The molecule has 1 aliphatic heterocycles. The lowest BCUT2D eigenvalue weighted by Crippen LogP contribution is -2.28. The molecule has 0 bridgehead atoms. The zero-order chi connectivity index (χ0) is 12.4. The number of nitrogens with zero attached hydrogens (tertiary/aromatic N) is 3. The second-order valence-electron chi connectivity index (χ2n) is 4.76. The summed E-state index contributed by atoms with van der Waals surface area (Å²) in [5.74, 6) is 0.269. The molecule has 0 unspecified atom stereocenters. The number of carbonyl (C=O) groups is 1. The third-order valence-corrected chi connectivity index (χ3v) is 3.55. The topological polar surface area (TPSA) is 38.1 Å². The molecule has 0 atom stereocenters. The van der Waals surface area contributed by atoms with Gasteiger partial charge in [-0.2, -0.15) is 0 Å². The van der Waals surface area contributed by atoms with Gasteiger partial charge in [0.2, 0.25) is 5.91 Å². The minimum atomic E-state index is 0. The SMILES string of the molecule is Cl.O=C(CCn1cnc2ccccc21)N1CCCC1. The van der Waals surface area contributed by atoms with Crippen molar-refractivity contribution in [2.24, 2.45) is 0 Å². The molecule has 0 saturated carbocycles. The molecule has 1 saturated heterocycles. The van der Waals surface area contributed by atoms with E-state index in [4.69, 9.17) is 0 Å². The fourth-order valence-corrected chi connectivity index (χ4v) is 2.53. The lowest BCUT2D eigenvalue weighted by atomic mass is 10.3. The Hall–Kier alpha value is -1.55.